The molecule has 0 aliphatic carbocycles. The number of hydrogen-bond donors (Lipinski definition) is 1. The van der Waals surface area contributed by atoms with Gasteiger partial charge in [0, 0.05) is 13.1 Å². The Bertz CT molecular complexity index is 1460. The summed E-state index contributed by atoms with van der Waals surface area (Å²) in [5.74, 6) is -0.857. The number of hydrogen-bond acceptors (Lipinski definition) is 4. The fraction of sp³-hybridized carbons (Fsp3) is 0.355. The molecule has 0 heterocycles. The van der Waals surface area contributed by atoms with Crippen LogP contribution in [0.15, 0.2) is 71.6 Å². The number of nitrogens with one attached hydrogen (secondary N) is 1. The lowest BCUT2D eigenvalue weighted by Gasteiger charge is -2.32. The Hall–Kier alpha value is -3.07. The largest absolute Gasteiger partial charge is 0.354 e. The third-order valence-corrected chi connectivity index (χ3v) is 9.38. The standard InChI is InChI=1S/C31H37Cl2N3O4S/c1-5-7-18-34-31(38)23(4)35(20-24-14-17-27(32)28(33)19-24)30(37)21-36(29-11-9-8-10-25(29)6-2)41(39,40)26-15-12-22(3)13-16-26/h8-17,19,23H,5-7,18,20-21H2,1-4H3,(H,34,38)/t23-/m1/s1. The van der Waals surface area contributed by atoms with Gasteiger partial charge in [0.05, 0.1) is 20.6 Å². The Balaban J connectivity index is 2.05. The van der Waals surface area contributed by atoms with E-state index in [0.29, 0.717) is 34.3 Å². The second-order valence-electron chi connectivity index (χ2n) is 9.90. The number of carbonyl (C=O) groups is 2. The number of para-hydroxylation sites is 1. The van der Waals surface area contributed by atoms with Crippen molar-refractivity contribution in [1.29, 1.82) is 0 Å². The average molecular weight is 619 g/mol. The van der Waals surface area contributed by atoms with Gasteiger partial charge in [0.15, 0.2) is 0 Å². The lowest BCUT2D eigenvalue weighted by Crippen LogP contribution is -2.51. The van der Waals surface area contributed by atoms with Crippen molar-refractivity contribution in [1.82, 2.24) is 10.2 Å². The first kappa shape index (κ1) is 32.4. The van der Waals surface area contributed by atoms with E-state index in [0.717, 1.165) is 28.3 Å². The summed E-state index contributed by atoms with van der Waals surface area (Å²) in [7, 11) is -4.13. The minimum absolute atomic E-state index is 0.0337. The van der Waals surface area contributed by atoms with Gasteiger partial charge in [-0.3, -0.25) is 13.9 Å². The van der Waals surface area contributed by atoms with E-state index in [9.17, 15) is 18.0 Å². The van der Waals surface area contributed by atoms with Gasteiger partial charge < -0.3 is 10.2 Å². The molecular weight excluding hydrogens is 581 g/mol. The number of amides is 2. The average Bonchev–Trinajstić information content (AvgIpc) is 2.96. The predicted octanol–water partition coefficient (Wildman–Crippen LogP) is 6.39. The first-order valence-corrected chi connectivity index (χ1v) is 15.9. The number of nitrogens with zero attached hydrogens (tertiary/aromatic N) is 2. The zero-order valence-corrected chi connectivity index (χ0v) is 26.2. The first-order valence-electron chi connectivity index (χ1n) is 13.7. The van der Waals surface area contributed by atoms with Crippen molar-refractivity contribution in [2.75, 3.05) is 17.4 Å². The first-order chi connectivity index (χ1) is 19.5. The molecule has 0 aromatic heterocycles. The highest BCUT2D eigenvalue weighted by Gasteiger charge is 2.33. The molecule has 1 N–H and O–H groups in total. The molecule has 1 atom stereocenters. The van der Waals surface area contributed by atoms with E-state index >= 15 is 0 Å². The van der Waals surface area contributed by atoms with Crippen molar-refractivity contribution in [3.05, 3.63) is 93.5 Å². The van der Waals surface area contributed by atoms with Crippen LogP contribution in [0.4, 0.5) is 5.69 Å². The van der Waals surface area contributed by atoms with Crippen LogP contribution in [0.5, 0.6) is 0 Å². The highest BCUT2D eigenvalue weighted by atomic mass is 35.5. The van der Waals surface area contributed by atoms with Gasteiger partial charge in [-0.2, -0.15) is 0 Å². The second-order valence-corrected chi connectivity index (χ2v) is 12.6. The highest BCUT2D eigenvalue weighted by molar-refractivity contribution is 7.92. The fourth-order valence-corrected chi connectivity index (χ4v) is 6.13. The lowest BCUT2D eigenvalue weighted by molar-refractivity contribution is -0.139. The number of rotatable bonds is 13. The molecule has 3 aromatic carbocycles. The Morgan fingerprint density at radius 2 is 1.63 bits per heavy atom. The third-order valence-electron chi connectivity index (χ3n) is 6.86. The molecule has 3 rings (SSSR count). The van der Waals surface area contributed by atoms with E-state index in [4.69, 9.17) is 23.2 Å². The number of aryl methyl sites for hydroxylation is 2. The number of anilines is 1. The molecule has 0 aliphatic rings. The SMILES string of the molecule is CCCCNC(=O)[C@@H](C)N(Cc1ccc(Cl)c(Cl)c1)C(=O)CN(c1ccccc1CC)S(=O)(=O)c1ccc(C)cc1. The molecule has 10 heteroatoms. The number of halogens is 2. The van der Waals surface area contributed by atoms with Gasteiger partial charge in [0.1, 0.15) is 12.6 Å². The van der Waals surface area contributed by atoms with Crippen LogP contribution >= 0.6 is 23.2 Å². The molecule has 2 amide bonds. The van der Waals surface area contributed by atoms with E-state index in [1.165, 1.54) is 17.0 Å². The molecule has 7 nitrogen and oxygen atoms in total. The summed E-state index contributed by atoms with van der Waals surface area (Å²) in [4.78, 5) is 28.6. The summed E-state index contributed by atoms with van der Waals surface area (Å²) in [6.45, 7) is 7.47. The van der Waals surface area contributed by atoms with Gasteiger partial charge in [-0.15, -0.1) is 0 Å². The maximum Gasteiger partial charge on any atom is 0.264 e. The molecule has 0 fully saturated rings. The number of unbranched alkanes of at least 4 members (excludes halogenated alkanes) is 1. The molecule has 0 saturated heterocycles. The minimum Gasteiger partial charge on any atom is -0.354 e. The minimum atomic E-state index is -4.13. The molecule has 0 bridgehead atoms. The van der Waals surface area contributed by atoms with Crippen LogP contribution in [0.3, 0.4) is 0 Å². The normalized spacial score (nSPS) is 12.0. The molecule has 220 valence electrons. The summed E-state index contributed by atoms with van der Waals surface area (Å²) in [6, 6.07) is 17.7. The molecule has 41 heavy (non-hydrogen) atoms. The van der Waals surface area contributed by atoms with E-state index in [2.05, 4.69) is 5.32 Å². The maximum absolute atomic E-state index is 14.1. The van der Waals surface area contributed by atoms with Crippen LogP contribution in [0.2, 0.25) is 10.0 Å². The summed E-state index contributed by atoms with van der Waals surface area (Å²) in [5.41, 5.74) is 2.76. The maximum atomic E-state index is 14.1. The summed E-state index contributed by atoms with van der Waals surface area (Å²) in [5, 5.41) is 3.56. The van der Waals surface area contributed by atoms with Crippen LogP contribution in [0.25, 0.3) is 0 Å². The summed E-state index contributed by atoms with van der Waals surface area (Å²) in [6.07, 6.45) is 2.27. The molecule has 0 saturated carbocycles. The summed E-state index contributed by atoms with van der Waals surface area (Å²) < 4.78 is 29.2. The molecule has 0 spiro atoms. The van der Waals surface area contributed by atoms with Crippen LogP contribution in [0, 0.1) is 6.92 Å². The Morgan fingerprint density at radius 1 is 0.951 bits per heavy atom. The molecular formula is C31H37Cl2N3O4S. The quantitative estimate of drug-likeness (QED) is 0.225. The Morgan fingerprint density at radius 3 is 2.27 bits per heavy atom. The van der Waals surface area contributed by atoms with Crippen molar-refractivity contribution >= 4 is 50.7 Å². The van der Waals surface area contributed by atoms with E-state index in [1.807, 2.05) is 32.9 Å². The number of sulfonamides is 1. The third kappa shape index (κ3) is 8.24. The van der Waals surface area contributed by atoms with E-state index < -0.39 is 28.5 Å². The van der Waals surface area contributed by atoms with Gasteiger partial charge in [-0.25, -0.2) is 8.42 Å². The van der Waals surface area contributed by atoms with Crippen LogP contribution in [0.1, 0.15) is 50.3 Å². The Kier molecular flexibility index (Phi) is 11.6. The topological polar surface area (TPSA) is 86.8 Å². The molecule has 0 aliphatic heterocycles. The van der Waals surface area contributed by atoms with Crippen molar-refractivity contribution < 1.29 is 18.0 Å². The van der Waals surface area contributed by atoms with E-state index in [-0.39, 0.29) is 17.3 Å². The lowest BCUT2D eigenvalue weighted by atomic mass is 10.1. The Labute approximate surface area is 253 Å². The van der Waals surface area contributed by atoms with Gasteiger partial charge in [-0.1, -0.05) is 85.4 Å². The van der Waals surface area contributed by atoms with Gasteiger partial charge in [0.25, 0.3) is 10.0 Å². The van der Waals surface area contributed by atoms with E-state index in [1.54, 1.807) is 49.4 Å². The van der Waals surface area contributed by atoms with Crippen LogP contribution in [-0.4, -0.2) is 44.3 Å². The number of benzene rings is 3. The zero-order chi connectivity index (χ0) is 30.2. The van der Waals surface area contributed by atoms with Gasteiger partial charge in [-0.05, 0) is 68.1 Å². The van der Waals surface area contributed by atoms with Crippen LogP contribution in [-0.2, 0) is 32.6 Å². The summed E-state index contributed by atoms with van der Waals surface area (Å²) >= 11 is 12.3. The molecule has 3 aromatic rings. The highest BCUT2D eigenvalue weighted by Crippen LogP contribution is 2.29. The van der Waals surface area contributed by atoms with Crippen molar-refractivity contribution in [3.63, 3.8) is 0 Å². The second kappa shape index (κ2) is 14.7. The zero-order valence-electron chi connectivity index (χ0n) is 23.9. The molecule has 0 unspecified atom stereocenters. The monoisotopic (exact) mass is 617 g/mol. The van der Waals surface area contributed by atoms with Crippen molar-refractivity contribution in [2.24, 2.45) is 0 Å². The molecule has 0 radical (unpaired) electrons. The number of carbonyl (C=O) groups excluding carboxylic acids is 2. The van der Waals surface area contributed by atoms with Crippen molar-refractivity contribution in [3.8, 4) is 0 Å². The predicted molar refractivity (Wildman–Crippen MR) is 166 cm³/mol. The van der Waals surface area contributed by atoms with Crippen LogP contribution < -0.4 is 9.62 Å². The van der Waals surface area contributed by atoms with Gasteiger partial charge in [0.2, 0.25) is 11.8 Å². The fourth-order valence-electron chi connectivity index (χ4n) is 4.36. The smallest absolute Gasteiger partial charge is 0.264 e. The van der Waals surface area contributed by atoms with Gasteiger partial charge >= 0.3 is 0 Å². The van der Waals surface area contributed by atoms with Crippen molar-refractivity contribution in [2.45, 2.75) is 64.4 Å².